The molecule has 1 heterocycles. The van der Waals surface area contributed by atoms with E-state index >= 15 is 0 Å². The van der Waals surface area contributed by atoms with E-state index in [-0.39, 0.29) is 0 Å². The van der Waals surface area contributed by atoms with Gasteiger partial charge in [0.25, 0.3) is 0 Å². The number of carboxylic acids is 1. The van der Waals surface area contributed by atoms with Gasteiger partial charge in [-0.3, -0.25) is 4.79 Å². The largest absolute Gasteiger partial charge is 0.481 e. The molecule has 0 saturated heterocycles. The van der Waals surface area contributed by atoms with Gasteiger partial charge in [-0.1, -0.05) is 19.4 Å². The van der Waals surface area contributed by atoms with Gasteiger partial charge in [0.1, 0.15) is 0 Å². The molecule has 0 aliphatic heterocycles. The highest BCUT2D eigenvalue weighted by Gasteiger charge is 2.06. The van der Waals surface area contributed by atoms with E-state index < -0.39 is 5.97 Å². The average Bonchev–Trinajstić information content (AvgIpc) is 2.64. The standard InChI is InChI=1S/C11H16O2S/c1-9(10-6-4-8-14-10)5-2-3-7-11(12)13/h4,6,8-9H,2-3,5,7H2,1H3,(H,12,13). The molecule has 0 bridgehead atoms. The van der Waals surface area contributed by atoms with Crippen LogP contribution < -0.4 is 0 Å². The fraction of sp³-hybridized carbons (Fsp3) is 0.545. The molecule has 0 aliphatic carbocycles. The van der Waals surface area contributed by atoms with Gasteiger partial charge in [-0.05, 0) is 30.2 Å². The Hall–Kier alpha value is -0.830. The normalized spacial score (nSPS) is 12.6. The minimum atomic E-state index is -0.686. The summed E-state index contributed by atoms with van der Waals surface area (Å²) in [6, 6.07) is 4.21. The number of carboxylic acid groups (broad SMARTS) is 1. The summed E-state index contributed by atoms with van der Waals surface area (Å²) in [5.74, 6) is -0.113. The van der Waals surface area contributed by atoms with Crippen molar-refractivity contribution in [2.45, 2.75) is 38.5 Å². The lowest BCUT2D eigenvalue weighted by Gasteiger charge is -2.07. The maximum atomic E-state index is 10.3. The second-order valence-corrected chi connectivity index (χ2v) is 4.54. The SMILES string of the molecule is CC(CCCCC(=O)O)c1cccs1. The van der Waals surface area contributed by atoms with Crippen LogP contribution in [0.15, 0.2) is 17.5 Å². The Morgan fingerprint density at radius 1 is 1.57 bits per heavy atom. The summed E-state index contributed by atoms with van der Waals surface area (Å²) in [7, 11) is 0. The minimum Gasteiger partial charge on any atom is -0.481 e. The quantitative estimate of drug-likeness (QED) is 0.733. The van der Waals surface area contributed by atoms with Crippen molar-refractivity contribution < 1.29 is 9.90 Å². The van der Waals surface area contributed by atoms with Gasteiger partial charge in [0, 0.05) is 11.3 Å². The Kier molecular flexibility index (Phi) is 4.66. The molecule has 1 unspecified atom stereocenters. The number of thiophene rings is 1. The smallest absolute Gasteiger partial charge is 0.303 e. The summed E-state index contributed by atoms with van der Waals surface area (Å²) in [5.41, 5.74) is 0. The Balaban J connectivity index is 2.16. The van der Waals surface area contributed by atoms with Gasteiger partial charge >= 0.3 is 5.97 Å². The molecule has 0 radical (unpaired) electrons. The van der Waals surface area contributed by atoms with E-state index in [1.165, 1.54) is 4.88 Å². The van der Waals surface area contributed by atoms with Crippen LogP contribution in [-0.4, -0.2) is 11.1 Å². The molecule has 1 N–H and O–H groups in total. The summed E-state index contributed by atoms with van der Waals surface area (Å²) >= 11 is 1.78. The molecule has 14 heavy (non-hydrogen) atoms. The number of carbonyl (C=O) groups is 1. The third-order valence-electron chi connectivity index (χ3n) is 2.31. The van der Waals surface area contributed by atoms with E-state index in [1.807, 2.05) is 0 Å². The van der Waals surface area contributed by atoms with Gasteiger partial charge in [0.2, 0.25) is 0 Å². The van der Waals surface area contributed by atoms with Crippen LogP contribution in [0, 0.1) is 0 Å². The molecule has 0 amide bonds. The van der Waals surface area contributed by atoms with Crippen LogP contribution in [0.3, 0.4) is 0 Å². The molecule has 0 spiro atoms. The highest BCUT2D eigenvalue weighted by molar-refractivity contribution is 7.10. The topological polar surface area (TPSA) is 37.3 Å². The molecule has 1 rings (SSSR count). The zero-order chi connectivity index (χ0) is 10.4. The van der Waals surface area contributed by atoms with Crippen LogP contribution in [0.5, 0.6) is 0 Å². The predicted octanol–water partition coefficient (Wildman–Crippen LogP) is 3.50. The van der Waals surface area contributed by atoms with Crippen molar-refractivity contribution in [2.75, 3.05) is 0 Å². The molecule has 0 saturated carbocycles. The molecule has 1 aromatic rings. The van der Waals surface area contributed by atoms with E-state index in [2.05, 4.69) is 24.4 Å². The first-order valence-corrected chi connectivity index (χ1v) is 5.83. The number of rotatable bonds is 6. The van der Waals surface area contributed by atoms with E-state index in [0.717, 1.165) is 19.3 Å². The molecule has 0 fully saturated rings. The summed E-state index contributed by atoms with van der Waals surface area (Å²) in [6.07, 6.45) is 3.20. The van der Waals surface area contributed by atoms with Crippen LogP contribution in [0.4, 0.5) is 0 Å². The van der Waals surface area contributed by atoms with Crippen LogP contribution in [0.25, 0.3) is 0 Å². The third kappa shape index (κ3) is 3.92. The molecule has 1 aromatic heterocycles. The van der Waals surface area contributed by atoms with Crippen molar-refractivity contribution in [1.82, 2.24) is 0 Å². The van der Waals surface area contributed by atoms with Crippen molar-refractivity contribution in [1.29, 1.82) is 0 Å². The molecule has 3 heteroatoms. The lowest BCUT2D eigenvalue weighted by atomic mass is 10.0. The lowest BCUT2D eigenvalue weighted by Crippen LogP contribution is -1.95. The molecule has 0 aliphatic rings. The second kappa shape index (κ2) is 5.81. The van der Waals surface area contributed by atoms with E-state index in [9.17, 15) is 4.79 Å². The second-order valence-electron chi connectivity index (χ2n) is 3.56. The maximum Gasteiger partial charge on any atom is 0.303 e. The van der Waals surface area contributed by atoms with Crippen molar-refractivity contribution in [3.05, 3.63) is 22.4 Å². The fourth-order valence-corrected chi connectivity index (χ4v) is 2.26. The maximum absolute atomic E-state index is 10.3. The van der Waals surface area contributed by atoms with Gasteiger partial charge in [0.05, 0.1) is 0 Å². The molecular weight excluding hydrogens is 196 g/mol. The number of aliphatic carboxylic acids is 1. The number of unbranched alkanes of at least 4 members (excludes halogenated alkanes) is 1. The summed E-state index contributed by atoms with van der Waals surface area (Å²) < 4.78 is 0. The molecule has 78 valence electrons. The average molecular weight is 212 g/mol. The Morgan fingerprint density at radius 3 is 2.93 bits per heavy atom. The van der Waals surface area contributed by atoms with Crippen molar-refractivity contribution >= 4 is 17.3 Å². The molecular formula is C11H16O2S. The van der Waals surface area contributed by atoms with E-state index in [0.29, 0.717) is 12.3 Å². The van der Waals surface area contributed by atoms with Gasteiger partial charge < -0.3 is 5.11 Å². The predicted molar refractivity (Wildman–Crippen MR) is 58.8 cm³/mol. The molecule has 2 nitrogen and oxygen atoms in total. The first kappa shape index (κ1) is 11.2. The van der Waals surface area contributed by atoms with Crippen molar-refractivity contribution in [2.24, 2.45) is 0 Å². The summed E-state index contributed by atoms with van der Waals surface area (Å²) in [4.78, 5) is 11.7. The van der Waals surface area contributed by atoms with Crippen LogP contribution in [0.2, 0.25) is 0 Å². The van der Waals surface area contributed by atoms with Crippen LogP contribution >= 0.6 is 11.3 Å². The van der Waals surface area contributed by atoms with E-state index in [4.69, 9.17) is 5.11 Å². The van der Waals surface area contributed by atoms with Crippen LogP contribution in [-0.2, 0) is 4.79 Å². The lowest BCUT2D eigenvalue weighted by molar-refractivity contribution is -0.137. The highest BCUT2D eigenvalue weighted by Crippen LogP contribution is 2.25. The van der Waals surface area contributed by atoms with Crippen molar-refractivity contribution in [3.8, 4) is 0 Å². The Labute approximate surface area is 88.6 Å². The van der Waals surface area contributed by atoms with Gasteiger partial charge in [-0.15, -0.1) is 11.3 Å². The van der Waals surface area contributed by atoms with Gasteiger partial charge in [0.15, 0.2) is 0 Å². The monoisotopic (exact) mass is 212 g/mol. The molecule has 0 aromatic carbocycles. The fourth-order valence-electron chi connectivity index (χ4n) is 1.44. The first-order chi connectivity index (χ1) is 6.70. The minimum absolute atomic E-state index is 0.303. The third-order valence-corrected chi connectivity index (χ3v) is 3.41. The highest BCUT2D eigenvalue weighted by atomic mass is 32.1. The summed E-state index contributed by atoms with van der Waals surface area (Å²) in [5, 5.41) is 10.6. The van der Waals surface area contributed by atoms with Crippen LogP contribution in [0.1, 0.15) is 43.4 Å². The first-order valence-electron chi connectivity index (χ1n) is 4.95. The molecule has 1 atom stereocenters. The summed E-state index contributed by atoms with van der Waals surface area (Å²) in [6.45, 7) is 2.20. The van der Waals surface area contributed by atoms with E-state index in [1.54, 1.807) is 11.3 Å². The number of hydrogen-bond donors (Lipinski definition) is 1. The zero-order valence-corrected chi connectivity index (χ0v) is 9.22. The van der Waals surface area contributed by atoms with Crippen molar-refractivity contribution in [3.63, 3.8) is 0 Å². The zero-order valence-electron chi connectivity index (χ0n) is 8.40. The Morgan fingerprint density at radius 2 is 2.36 bits per heavy atom. The van der Waals surface area contributed by atoms with Gasteiger partial charge in [-0.25, -0.2) is 0 Å². The number of hydrogen-bond acceptors (Lipinski definition) is 2. The van der Waals surface area contributed by atoms with Gasteiger partial charge in [-0.2, -0.15) is 0 Å². The Bertz CT molecular complexity index is 267.